The van der Waals surface area contributed by atoms with Crippen molar-refractivity contribution in [3.05, 3.63) is 12.4 Å². The summed E-state index contributed by atoms with van der Waals surface area (Å²) in [6.07, 6.45) is 4.83. The molecule has 142 valence electrons. The van der Waals surface area contributed by atoms with Gasteiger partial charge in [0.15, 0.2) is 0 Å². The lowest BCUT2D eigenvalue weighted by atomic mass is 9.81. The number of halogens is 1. The molecule has 0 radical (unpaired) electrons. The number of hydrogen-bond acceptors (Lipinski definition) is 6. The zero-order valence-corrected chi connectivity index (χ0v) is 16.5. The van der Waals surface area contributed by atoms with Crippen LogP contribution in [-0.2, 0) is 14.1 Å². The van der Waals surface area contributed by atoms with Gasteiger partial charge in [-0.2, -0.15) is 0 Å². The fourth-order valence-corrected chi connectivity index (χ4v) is 3.11. The van der Waals surface area contributed by atoms with Crippen molar-refractivity contribution in [3.63, 3.8) is 0 Å². The molecule has 26 heavy (non-hydrogen) atoms. The number of rotatable bonds is 4. The lowest BCUT2D eigenvalue weighted by Gasteiger charge is -2.32. The molecule has 2 fully saturated rings. The van der Waals surface area contributed by atoms with Gasteiger partial charge >= 0.3 is 13.1 Å². The largest absolute Gasteiger partial charge is 0.498 e. The monoisotopic (exact) mass is 381 g/mol. The zero-order valence-electron chi connectivity index (χ0n) is 15.7. The number of carbonyl (C=O) groups excluding carboxylic acids is 1. The van der Waals surface area contributed by atoms with E-state index in [2.05, 4.69) is 9.97 Å². The third-order valence-corrected chi connectivity index (χ3v) is 5.58. The van der Waals surface area contributed by atoms with Crippen molar-refractivity contribution >= 4 is 30.1 Å². The van der Waals surface area contributed by atoms with Gasteiger partial charge < -0.3 is 18.9 Å². The number of carbonyl (C=O) groups is 1. The van der Waals surface area contributed by atoms with Gasteiger partial charge in [-0.15, -0.1) is 11.6 Å². The fourth-order valence-electron chi connectivity index (χ4n) is 2.94. The Hall–Kier alpha value is -1.38. The maximum absolute atomic E-state index is 11.6. The van der Waals surface area contributed by atoms with Crippen molar-refractivity contribution in [3.8, 4) is 6.01 Å². The molecule has 1 aromatic heterocycles. The first-order valence-electron chi connectivity index (χ1n) is 8.90. The first-order chi connectivity index (χ1) is 12.2. The molecule has 0 atom stereocenters. The van der Waals surface area contributed by atoms with Crippen molar-refractivity contribution < 1.29 is 18.8 Å². The highest BCUT2D eigenvalue weighted by atomic mass is 35.5. The van der Waals surface area contributed by atoms with E-state index in [9.17, 15) is 4.79 Å². The summed E-state index contributed by atoms with van der Waals surface area (Å²) in [6, 6.07) is 0.326. The Balaban J connectivity index is 1.55. The number of alkyl halides is 1. The van der Waals surface area contributed by atoms with Gasteiger partial charge in [0.25, 0.3) is 0 Å². The van der Waals surface area contributed by atoms with E-state index in [-0.39, 0.29) is 17.9 Å². The van der Waals surface area contributed by atoms with Crippen LogP contribution in [0.1, 0.15) is 40.5 Å². The highest BCUT2D eigenvalue weighted by molar-refractivity contribution is 6.61. The van der Waals surface area contributed by atoms with Crippen LogP contribution in [-0.4, -0.2) is 64.2 Å². The molecule has 3 rings (SSSR count). The first-order valence-corrected chi connectivity index (χ1v) is 9.43. The highest BCUT2D eigenvalue weighted by Gasteiger charge is 2.52. The Bertz CT molecular complexity index is 632. The summed E-state index contributed by atoms with van der Waals surface area (Å²) in [4.78, 5) is 21.9. The summed E-state index contributed by atoms with van der Waals surface area (Å²) in [7, 11) is -0.487. The molecule has 9 heteroatoms. The predicted molar refractivity (Wildman–Crippen MR) is 98.7 cm³/mol. The molecule has 2 aliphatic heterocycles. The summed E-state index contributed by atoms with van der Waals surface area (Å²) in [5.41, 5.74) is -0.0405. The molecular weight excluding hydrogens is 356 g/mol. The molecule has 2 saturated heterocycles. The van der Waals surface area contributed by atoms with Gasteiger partial charge in [-0.3, -0.25) is 4.79 Å². The number of likely N-dealkylation sites (tertiary alicyclic amines) is 1. The van der Waals surface area contributed by atoms with Crippen LogP contribution in [0, 0.1) is 0 Å². The second kappa shape index (κ2) is 7.33. The highest BCUT2D eigenvalue weighted by Crippen LogP contribution is 2.36. The fraction of sp³-hybridized carbons (Fsp3) is 0.706. The summed E-state index contributed by atoms with van der Waals surface area (Å²) in [6.45, 7) is 9.31. The Morgan fingerprint density at radius 1 is 1.23 bits per heavy atom. The molecule has 0 aliphatic carbocycles. The van der Waals surface area contributed by atoms with Crippen LogP contribution in [0.4, 0.5) is 0 Å². The van der Waals surface area contributed by atoms with Crippen molar-refractivity contribution in [2.45, 2.75) is 57.8 Å². The quantitative estimate of drug-likeness (QED) is 0.579. The lowest BCUT2D eigenvalue weighted by Crippen LogP contribution is -2.42. The molecule has 1 amide bonds. The van der Waals surface area contributed by atoms with Gasteiger partial charge in [0.05, 0.1) is 11.2 Å². The maximum Gasteiger partial charge on any atom is 0.498 e. The summed E-state index contributed by atoms with van der Waals surface area (Å²) in [5.74, 6) is -0.0113. The Labute approximate surface area is 159 Å². The number of nitrogens with zero attached hydrogens (tertiary/aromatic N) is 3. The van der Waals surface area contributed by atoms with Gasteiger partial charge in [0, 0.05) is 43.8 Å². The van der Waals surface area contributed by atoms with Crippen molar-refractivity contribution in [1.29, 1.82) is 0 Å². The summed E-state index contributed by atoms with van der Waals surface area (Å²) >= 11 is 5.59. The second-order valence-electron chi connectivity index (χ2n) is 7.72. The Morgan fingerprint density at radius 2 is 1.77 bits per heavy atom. The molecule has 7 nitrogen and oxygen atoms in total. The standard InChI is InChI=1S/C17H25BClN3O4/c1-16(2)17(3,4)26-18(25-16)12-10-20-15(21-11-12)24-13-5-7-22(8-6-13)14(23)9-19/h10-11,13H,5-9H2,1-4H3. The molecule has 0 bridgehead atoms. The zero-order chi connectivity index (χ0) is 18.9. The molecule has 0 N–H and O–H groups in total. The molecule has 2 aliphatic rings. The van der Waals surface area contributed by atoms with Gasteiger partial charge in [-0.25, -0.2) is 9.97 Å². The van der Waals surface area contributed by atoms with Crippen LogP contribution in [0.3, 0.4) is 0 Å². The number of ether oxygens (including phenoxy) is 1. The van der Waals surface area contributed by atoms with Crippen LogP contribution in [0.25, 0.3) is 0 Å². The van der Waals surface area contributed by atoms with E-state index in [4.69, 9.17) is 25.6 Å². The molecule has 3 heterocycles. The van der Waals surface area contributed by atoms with Crippen molar-refractivity contribution in [2.24, 2.45) is 0 Å². The third kappa shape index (κ3) is 3.97. The minimum atomic E-state index is -0.487. The Kier molecular flexibility index (Phi) is 5.46. The maximum atomic E-state index is 11.6. The van der Waals surface area contributed by atoms with E-state index >= 15 is 0 Å². The molecule has 0 saturated carbocycles. The summed E-state index contributed by atoms with van der Waals surface area (Å²) < 4.78 is 17.8. The number of hydrogen-bond donors (Lipinski definition) is 0. The smallest absolute Gasteiger partial charge is 0.460 e. The van der Waals surface area contributed by atoms with E-state index in [0.717, 1.165) is 18.3 Å². The minimum Gasteiger partial charge on any atom is -0.460 e. The van der Waals surface area contributed by atoms with Gasteiger partial charge in [0.1, 0.15) is 12.0 Å². The second-order valence-corrected chi connectivity index (χ2v) is 7.99. The van der Waals surface area contributed by atoms with Gasteiger partial charge in [-0.1, -0.05) is 0 Å². The molecule has 0 spiro atoms. The Morgan fingerprint density at radius 3 is 2.27 bits per heavy atom. The predicted octanol–water partition coefficient (Wildman–Crippen LogP) is 1.38. The lowest BCUT2D eigenvalue weighted by molar-refractivity contribution is -0.130. The molecule has 1 aromatic rings. The van der Waals surface area contributed by atoms with Gasteiger partial charge in [0.2, 0.25) is 5.91 Å². The van der Waals surface area contributed by atoms with Crippen LogP contribution in [0.2, 0.25) is 0 Å². The van der Waals surface area contributed by atoms with Crippen molar-refractivity contribution in [1.82, 2.24) is 14.9 Å². The van der Waals surface area contributed by atoms with Gasteiger partial charge in [-0.05, 0) is 27.7 Å². The van der Waals surface area contributed by atoms with E-state index < -0.39 is 18.3 Å². The SMILES string of the molecule is CC1(C)OB(c2cnc(OC3CCN(C(=O)CCl)CC3)nc2)OC1(C)C. The van der Waals surface area contributed by atoms with Crippen molar-refractivity contribution in [2.75, 3.05) is 19.0 Å². The van der Waals surface area contributed by atoms with E-state index in [1.807, 2.05) is 27.7 Å². The first kappa shape index (κ1) is 19.4. The van der Waals surface area contributed by atoms with Crippen LogP contribution in [0.5, 0.6) is 6.01 Å². The number of piperidine rings is 1. The van der Waals surface area contributed by atoms with Crippen LogP contribution >= 0.6 is 11.6 Å². The topological polar surface area (TPSA) is 73.8 Å². The summed E-state index contributed by atoms with van der Waals surface area (Å²) in [5, 5.41) is 0. The molecule has 0 unspecified atom stereocenters. The third-order valence-electron chi connectivity index (χ3n) is 5.35. The average molecular weight is 382 g/mol. The average Bonchev–Trinajstić information content (AvgIpc) is 2.83. The van der Waals surface area contributed by atoms with E-state index in [1.165, 1.54) is 0 Å². The number of aromatic nitrogens is 2. The van der Waals surface area contributed by atoms with Crippen LogP contribution < -0.4 is 10.2 Å². The minimum absolute atomic E-state index is 0.00271. The molecule has 0 aromatic carbocycles. The van der Waals surface area contributed by atoms with Crippen LogP contribution in [0.15, 0.2) is 12.4 Å². The molecular formula is C17H25BClN3O4. The van der Waals surface area contributed by atoms with E-state index in [0.29, 0.717) is 19.1 Å². The number of amides is 1. The normalized spacial score (nSPS) is 22.5. The van der Waals surface area contributed by atoms with E-state index in [1.54, 1.807) is 17.3 Å².